The quantitative estimate of drug-likeness (QED) is 0.729. The monoisotopic (exact) mass is 311 g/mol. The lowest BCUT2D eigenvalue weighted by atomic mass is 10.2. The smallest absolute Gasteiger partial charge is 0.127 e. The molecule has 2 N–H and O–H groups in total. The summed E-state index contributed by atoms with van der Waals surface area (Å²) in [5, 5.41) is 13.5. The highest BCUT2D eigenvalue weighted by Crippen LogP contribution is 2.28. The van der Waals surface area contributed by atoms with Crippen LogP contribution in [0.4, 0.5) is 11.5 Å². The first-order valence-corrected chi connectivity index (χ1v) is 6.60. The van der Waals surface area contributed by atoms with Gasteiger partial charge in [-0.15, -0.1) is 0 Å². The van der Waals surface area contributed by atoms with Gasteiger partial charge in [-0.2, -0.15) is 5.26 Å². The third-order valence-corrected chi connectivity index (χ3v) is 3.41. The first-order valence-electron chi connectivity index (χ1n) is 5.81. The van der Waals surface area contributed by atoms with Crippen LogP contribution in [0.2, 0.25) is 0 Å². The van der Waals surface area contributed by atoms with Crippen LogP contribution >= 0.6 is 15.9 Å². The second kappa shape index (κ2) is 4.79. The average molecular weight is 312 g/mol. The minimum atomic E-state index is 0.635. The summed E-state index contributed by atoms with van der Waals surface area (Å²) in [5.41, 5.74) is 2.52. The zero-order valence-corrected chi connectivity index (χ0v) is 11.5. The van der Waals surface area contributed by atoms with E-state index >= 15 is 0 Å². The van der Waals surface area contributed by atoms with Gasteiger partial charge in [-0.05, 0) is 24.3 Å². The van der Waals surface area contributed by atoms with Gasteiger partial charge in [0.15, 0.2) is 0 Å². The Morgan fingerprint density at radius 2 is 1.95 bits per heavy atom. The zero-order chi connectivity index (χ0) is 13.2. The summed E-state index contributed by atoms with van der Waals surface area (Å²) in [6.45, 7) is 0. The molecule has 0 aliphatic heterocycles. The van der Waals surface area contributed by atoms with Gasteiger partial charge in [0.1, 0.15) is 17.5 Å². The van der Waals surface area contributed by atoms with Crippen molar-refractivity contribution in [2.75, 3.05) is 5.32 Å². The molecule has 0 atom stereocenters. The van der Waals surface area contributed by atoms with E-state index in [0.29, 0.717) is 5.56 Å². The summed E-state index contributed by atoms with van der Waals surface area (Å²) in [7, 11) is 0. The molecular formula is C15H10BrN3. The van der Waals surface area contributed by atoms with Gasteiger partial charge < -0.3 is 10.3 Å². The Morgan fingerprint density at radius 1 is 1.11 bits per heavy atom. The van der Waals surface area contributed by atoms with Crippen molar-refractivity contribution in [3.8, 4) is 6.07 Å². The van der Waals surface area contributed by atoms with Crippen LogP contribution < -0.4 is 5.32 Å². The van der Waals surface area contributed by atoms with E-state index in [2.05, 4.69) is 32.3 Å². The lowest BCUT2D eigenvalue weighted by Gasteiger charge is -2.04. The number of hydrogen-bond donors (Lipinski definition) is 2. The zero-order valence-electron chi connectivity index (χ0n) is 9.94. The number of nitrogens with zero attached hydrogens (tertiary/aromatic N) is 1. The maximum absolute atomic E-state index is 9.32. The molecule has 0 aliphatic carbocycles. The van der Waals surface area contributed by atoms with E-state index in [1.807, 2.05) is 48.5 Å². The van der Waals surface area contributed by atoms with E-state index < -0.39 is 0 Å². The Morgan fingerprint density at radius 3 is 2.74 bits per heavy atom. The second-order valence-electron chi connectivity index (χ2n) is 4.17. The molecule has 3 rings (SSSR count). The number of aromatic nitrogens is 1. The van der Waals surface area contributed by atoms with Gasteiger partial charge in [0.25, 0.3) is 0 Å². The van der Waals surface area contributed by atoms with Gasteiger partial charge in [0.05, 0.1) is 0 Å². The lowest BCUT2D eigenvalue weighted by molar-refractivity contribution is 1.39. The molecule has 3 nitrogen and oxygen atoms in total. The summed E-state index contributed by atoms with van der Waals surface area (Å²) in [5.74, 6) is 0.724. The molecule has 0 saturated heterocycles. The number of halogens is 1. The SMILES string of the molecule is N#Cc1c(Nc2cccc(Br)c2)[nH]c2ccccc12. The Kier molecular flexibility index (Phi) is 2.98. The van der Waals surface area contributed by atoms with Crippen molar-refractivity contribution in [1.29, 1.82) is 5.26 Å². The standard InChI is InChI=1S/C15H10BrN3/c16-10-4-3-5-11(8-10)18-15-13(9-17)12-6-1-2-7-14(12)19-15/h1-8,18-19H. The molecule has 0 amide bonds. The molecule has 4 heteroatoms. The largest absolute Gasteiger partial charge is 0.341 e. The molecule has 3 aromatic rings. The van der Waals surface area contributed by atoms with Crippen molar-refractivity contribution in [2.45, 2.75) is 0 Å². The average Bonchev–Trinajstić information content (AvgIpc) is 2.75. The van der Waals surface area contributed by atoms with E-state index in [9.17, 15) is 5.26 Å². The number of nitrogens with one attached hydrogen (secondary N) is 2. The van der Waals surface area contributed by atoms with Crippen LogP contribution in [0.1, 0.15) is 5.56 Å². The predicted molar refractivity (Wildman–Crippen MR) is 80.4 cm³/mol. The maximum Gasteiger partial charge on any atom is 0.127 e. The molecule has 0 spiro atoms. The van der Waals surface area contributed by atoms with Gasteiger partial charge in [0, 0.05) is 21.1 Å². The minimum Gasteiger partial charge on any atom is -0.341 e. The first-order chi connectivity index (χ1) is 9.28. The number of nitriles is 1. The van der Waals surface area contributed by atoms with Gasteiger partial charge in [-0.3, -0.25) is 0 Å². The number of hydrogen-bond acceptors (Lipinski definition) is 2. The Hall–Kier alpha value is -2.25. The predicted octanol–water partition coefficient (Wildman–Crippen LogP) is 4.55. The molecule has 0 bridgehead atoms. The second-order valence-corrected chi connectivity index (χ2v) is 5.08. The van der Waals surface area contributed by atoms with Crippen molar-refractivity contribution < 1.29 is 0 Å². The topological polar surface area (TPSA) is 51.6 Å². The molecule has 1 aromatic heterocycles. The number of H-pyrrole nitrogens is 1. The highest BCUT2D eigenvalue weighted by atomic mass is 79.9. The van der Waals surface area contributed by atoms with Gasteiger partial charge in [0.2, 0.25) is 0 Å². The fourth-order valence-corrected chi connectivity index (χ4v) is 2.46. The van der Waals surface area contributed by atoms with Crippen molar-refractivity contribution >= 4 is 38.3 Å². The number of fused-ring (bicyclic) bond motifs is 1. The molecule has 0 radical (unpaired) electrons. The molecule has 0 unspecified atom stereocenters. The number of para-hydroxylation sites is 1. The number of benzene rings is 2. The molecule has 2 aromatic carbocycles. The molecule has 0 fully saturated rings. The van der Waals surface area contributed by atoms with Crippen LogP contribution in [0.25, 0.3) is 10.9 Å². The van der Waals surface area contributed by atoms with E-state index in [1.54, 1.807) is 0 Å². The van der Waals surface area contributed by atoms with E-state index in [1.165, 1.54) is 0 Å². The fraction of sp³-hybridized carbons (Fsp3) is 0. The summed E-state index contributed by atoms with van der Waals surface area (Å²) in [6, 6.07) is 17.9. The van der Waals surface area contributed by atoms with Gasteiger partial charge in [-0.25, -0.2) is 0 Å². The summed E-state index contributed by atoms with van der Waals surface area (Å²) in [4.78, 5) is 3.23. The normalized spacial score (nSPS) is 10.3. The van der Waals surface area contributed by atoms with E-state index in [4.69, 9.17) is 0 Å². The number of anilines is 2. The molecule has 92 valence electrons. The van der Waals surface area contributed by atoms with Crippen molar-refractivity contribution in [3.63, 3.8) is 0 Å². The summed E-state index contributed by atoms with van der Waals surface area (Å²) in [6.07, 6.45) is 0. The molecule has 19 heavy (non-hydrogen) atoms. The highest BCUT2D eigenvalue weighted by Gasteiger charge is 2.10. The Labute approximate surface area is 119 Å². The van der Waals surface area contributed by atoms with Crippen LogP contribution in [0, 0.1) is 11.3 Å². The molecule has 1 heterocycles. The fourth-order valence-electron chi connectivity index (χ4n) is 2.06. The van der Waals surface area contributed by atoms with Crippen LogP contribution in [0.5, 0.6) is 0 Å². The molecule has 0 aliphatic rings. The third kappa shape index (κ3) is 2.20. The third-order valence-electron chi connectivity index (χ3n) is 2.91. The van der Waals surface area contributed by atoms with E-state index in [0.717, 1.165) is 26.9 Å². The van der Waals surface area contributed by atoms with Crippen molar-refractivity contribution in [3.05, 3.63) is 58.6 Å². The van der Waals surface area contributed by atoms with Crippen molar-refractivity contribution in [1.82, 2.24) is 4.98 Å². The maximum atomic E-state index is 9.32. The minimum absolute atomic E-state index is 0.635. The molecule has 0 saturated carbocycles. The Bertz CT molecular complexity index is 783. The van der Waals surface area contributed by atoms with Gasteiger partial charge >= 0.3 is 0 Å². The number of rotatable bonds is 2. The highest BCUT2D eigenvalue weighted by molar-refractivity contribution is 9.10. The Balaban J connectivity index is 2.08. The van der Waals surface area contributed by atoms with Crippen LogP contribution in [0.3, 0.4) is 0 Å². The van der Waals surface area contributed by atoms with Crippen LogP contribution in [0.15, 0.2) is 53.0 Å². The van der Waals surface area contributed by atoms with E-state index in [-0.39, 0.29) is 0 Å². The van der Waals surface area contributed by atoms with Crippen LogP contribution in [-0.2, 0) is 0 Å². The lowest BCUT2D eigenvalue weighted by Crippen LogP contribution is -1.92. The first kappa shape index (κ1) is 11.8. The molecular weight excluding hydrogens is 302 g/mol. The summed E-state index contributed by atoms with van der Waals surface area (Å²) < 4.78 is 0.993. The number of aromatic amines is 1. The summed E-state index contributed by atoms with van der Waals surface area (Å²) >= 11 is 3.43. The van der Waals surface area contributed by atoms with Crippen molar-refractivity contribution in [2.24, 2.45) is 0 Å². The van der Waals surface area contributed by atoms with Crippen LogP contribution in [-0.4, -0.2) is 4.98 Å². The van der Waals surface area contributed by atoms with Gasteiger partial charge in [-0.1, -0.05) is 40.2 Å².